The Labute approximate surface area is 125 Å². The summed E-state index contributed by atoms with van der Waals surface area (Å²) in [6.45, 7) is 5.42. The second-order valence-corrected chi connectivity index (χ2v) is 5.07. The average molecular weight is 286 g/mol. The molecule has 0 fully saturated rings. The highest BCUT2D eigenvalue weighted by molar-refractivity contribution is 5.76. The van der Waals surface area contributed by atoms with Gasteiger partial charge >= 0.3 is 0 Å². The van der Waals surface area contributed by atoms with Crippen molar-refractivity contribution < 1.29 is 4.79 Å². The lowest BCUT2D eigenvalue weighted by molar-refractivity contribution is -0.121. The number of hydrogen-bond donors (Lipinski definition) is 2. The number of amides is 1. The third-order valence-electron chi connectivity index (χ3n) is 3.19. The van der Waals surface area contributed by atoms with Crippen LogP contribution in [-0.4, -0.2) is 28.3 Å². The zero-order valence-electron chi connectivity index (χ0n) is 12.5. The molecule has 112 valence electrons. The molecule has 21 heavy (non-hydrogen) atoms. The predicted molar refractivity (Wildman–Crippen MR) is 83.2 cm³/mol. The summed E-state index contributed by atoms with van der Waals surface area (Å²) < 4.78 is 1.81. The van der Waals surface area contributed by atoms with Crippen LogP contribution >= 0.6 is 0 Å². The van der Waals surface area contributed by atoms with E-state index in [4.69, 9.17) is 0 Å². The van der Waals surface area contributed by atoms with Crippen molar-refractivity contribution in [2.45, 2.75) is 32.9 Å². The van der Waals surface area contributed by atoms with Gasteiger partial charge in [-0.3, -0.25) is 4.79 Å². The fourth-order valence-electron chi connectivity index (χ4n) is 2.14. The van der Waals surface area contributed by atoms with E-state index < -0.39 is 0 Å². The SMILES string of the molecule is CCNC(C)CC(=O)NCc1cnn(-c2ccccc2)c1. The van der Waals surface area contributed by atoms with Gasteiger partial charge < -0.3 is 10.6 Å². The molecule has 0 spiro atoms. The van der Waals surface area contributed by atoms with Gasteiger partial charge in [0.15, 0.2) is 0 Å². The zero-order valence-corrected chi connectivity index (χ0v) is 12.5. The molecule has 1 aromatic heterocycles. The number of benzene rings is 1. The summed E-state index contributed by atoms with van der Waals surface area (Å²) in [5.74, 6) is 0.0518. The minimum Gasteiger partial charge on any atom is -0.352 e. The average Bonchev–Trinajstić information content (AvgIpc) is 2.95. The maximum atomic E-state index is 11.8. The van der Waals surface area contributed by atoms with Gasteiger partial charge in [0.05, 0.1) is 11.9 Å². The zero-order chi connectivity index (χ0) is 15.1. The molecule has 2 aromatic rings. The molecule has 1 atom stereocenters. The van der Waals surface area contributed by atoms with E-state index in [1.807, 2.05) is 55.1 Å². The molecule has 2 N–H and O–H groups in total. The van der Waals surface area contributed by atoms with Crippen LogP contribution in [0.3, 0.4) is 0 Å². The van der Waals surface area contributed by atoms with Gasteiger partial charge in [-0.15, -0.1) is 0 Å². The normalized spacial score (nSPS) is 12.1. The van der Waals surface area contributed by atoms with Crippen LogP contribution in [0.25, 0.3) is 5.69 Å². The van der Waals surface area contributed by atoms with Crippen molar-refractivity contribution in [2.75, 3.05) is 6.54 Å². The van der Waals surface area contributed by atoms with Crippen molar-refractivity contribution in [2.24, 2.45) is 0 Å². The fraction of sp³-hybridized carbons (Fsp3) is 0.375. The second kappa shape index (κ2) is 7.59. The number of rotatable bonds is 7. The van der Waals surface area contributed by atoms with Gasteiger partial charge in [-0.25, -0.2) is 4.68 Å². The van der Waals surface area contributed by atoms with E-state index in [0.717, 1.165) is 17.8 Å². The summed E-state index contributed by atoms with van der Waals surface area (Å²) in [4.78, 5) is 11.8. The number of aromatic nitrogens is 2. The van der Waals surface area contributed by atoms with Crippen molar-refractivity contribution in [1.82, 2.24) is 20.4 Å². The highest BCUT2D eigenvalue weighted by Gasteiger charge is 2.08. The van der Waals surface area contributed by atoms with E-state index in [1.165, 1.54) is 0 Å². The van der Waals surface area contributed by atoms with Gasteiger partial charge in [-0.05, 0) is 25.6 Å². The molecule has 1 aromatic carbocycles. The minimum atomic E-state index is 0.0518. The molecule has 5 heteroatoms. The first kappa shape index (κ1) is 15.3. The standard InChI is InChI=1S/C16H22N4O/c1-3-17-13(2)9-16(21)18-10-14-11-19-20(12-14)15-7-5-4-6-8-15/h4-8,11-13,17H,3,9-10H2,1-2H3,(H,18,21). The number of para-hydroxylation sites is 1. The van der Waals surface area contributed by atoms with Gasteiger partial charge in [0.2, 0.25) is 5.91 Å². The number of carbonyl (C=O) groups is 1. The Morgan fingerprint density at radius 3 is 2.81 bits per heavy atom. The quantitative estimate of drug-likeness (QED) is 0.817. The van der Waals surface area contributed by atoms with Gasteiger partial charge in [0, 0.05) is 30.8 Å². The van der Waals surface area contributed by atoms with E-state index in [1.54, 1.807) is 6.20 Å². The predicted octanol–water partition coefficient (Wildman–Crippen LogP) is 1.88. The minimum absolute atomic E-state index is 0.0518. The first-order chi connectivity index (χ1) is 10.2. The maximum Gasteiger partial charge on any atom is 0.221 e. The number of carbonyl (C=O) groups excluding carboxylic acids is 1. The molecule has 2 rings (SSSR count). The van der Waals surface area contributed by atoms with E-state index in [0.29, 0.717) is 13.0 Å². The molecule has 0 aliphatic carbocycles. The Kier molecular flexibility index (Phi) is 5.51. The van der Waals surface area contributed by atoms with Crippen molar-refractivity contribution in [3.8, 4) is 5.69 Å². The Hall–Kier alpha value is -2.14. The molecular weight excluding hydrogens is 264 g/mol. The first-order valence-electron chi connectivity index (χ1n) is 7.28. The molecule has 1 heterocycles. The third-order valence-corrected chi connectivity index (χ3v) is 3.19. The van der Waals surface area contributed by atoms with E-state index in [9.17, 15) is 4.79 Å². The molecule has 1 unspecified atom stereocenters. The van der Waals surface area contributed by atoms with Crippen LogP contribution in [0.15, 0.2) is 42.7 Å². The molecular formula is C16H22N4O. The molecule has 5 nitrogen and oxygen atoms in total. The van der Waals surface area contributed by atoms with Crippen molar-refractivity contribution in [3.63, 3.8) is 0 Å². The lowest BCUT2D eigenvalue weighted by Crippen LogP contribution is -2.33. The van der Waals surface area contributed by atoms with Crippen LogP contribution in [-0.2, 0) is 11.3 Å². The van der Waals surface area contributed by atoms with Crippen molar-refractivity contribution in [1.29, 1.82) is 0 Å². The molecule has 0 bridgehead atoms. The van der Waals surface area contributed by atoms with Crippen LogP contribution in [0.4, 0.5) is 0 Å². The Bertz CT molecular complexity index is 565. The van der Waals surface area contributed by atoms with Crippen LogP contribution in [0.5, 0.6) is 0 Å². The lowest BCUT2D eigenvalue weighted by atomic mass is 10.2. The Balaban J connectivity index is 1.84. The van der Waals surface area contributed by atoms with Gasteiger partial charge in [-0.1, -0.05) is 25.1 Å². The molecule has 0 aliphatic heterocycles. The summed E-state index contributed by atoms with van der Waals surface area (Å²) in [7, 11) is 0. The molecule has 0 aliphatic rings. The third kappa shape index (κ3) is 4.72. The summed E-state index contributed by atoms with van der Waals surface area (Å²) >= 11 is 0. The Morgan fingerprint density at radius 2 is 2.10 bits per heavy atom. The summed E-state index contributed by atoms with van der Waals surface area (Å²) in [5, 5.41) is 10.5. The molecule has 0 radical (unpaired) electrons. The highest BCUT2D eigenvalue weighted by Crippen LogP contribution is 2.07. The topological polar surface area (TPSA) is 59.0 Å². The first-order valence-corrected chi connectivity index (χ1v) is 7.28. The molecule has 0 saturated heterocycles. The number of nitrogens with zero attached hydrogens (tertiary/aromatic N) is 2. The van der Waals surface area contributed by atoms with Gasteiger partial charge in [0.25, 0.3) is 0 Å². The molecule has 1 amide bonds. The van der Waals surface area contributed by atoms with Crippen molar-refractivity contribution >= 4 is 5.91 Å². The summed E-state index contributed by atoms with van der Waals surface area (Å²) in [6.07, 6.45) is 4.20. The highest BCUT2D eigenvalue weighted by atomic mass is 16.1. The van der Waals surface area contributed by atoms with Gasteiger partial charge in [0.1, 0.15) is 0 Å². The van der Waals surface area contributed by atoms with Gasteiger partial charge in [-0.2, -0.15) is 5.10 Å². The second-order valence-electron chi connectivity index (χ2n) is 5.07. The van der Waals surface area contributed by atoms with Crippen LogP contribution in [0, 0.1) is 0 Å². The van der Waals surface area contributed by atoms with Crippen LogP contribution < -0.4 is 10.6 Å². The number of hydrogen-bond acceptors (Lipinski definition) is 3. The van der Waals surface area contributed by atoms with Crippen LogP contribution in [0.1, 0.15) is 25.8 Å². The number of nitrogens with one attached hydrogen (secondary N) is 2. The summed E-state index contributed by atoms with van der Waals surface area (Å²) in [5.41, 5.74) is 2.00. The van der Waals surface area contributed by atoms with E-state index in [2.05, 4.69) is 15.7 Å². The summed E-state index contributed by atoms with van der Waals surface area (Å²) in [6, 6.07) is 10.1. The van der Waals surface area contributed by atoms with E-state index in [-0.39, 0.29) is 11.9 Å². The Morgan fingerprint density at radius 1 is 1.33 bits per heavy atom. The monoisotopic (exact) mass is 286 g/mol. The van der Waals surface area contributed by atoms with E-state index >= 15 is 0 Å². The van der Waals surface area contributed by atoms with Crippen LogP contribution in [0.2, 0.25) is 0 Å². The fourth-order valence-corrected chi connectivity index (χ4v) is 2.14. The van der Waals surface area contributed by atoms with Crippen molar-refractivity contribution in [3.05, 3.63) is 48.3 Å². The largest absolute Gasteiger partial charge is 0.352 e. The molecule has 0 saturated carbocycles. The maximum absolute atomic E-state index is 11.8. The smallest absolute Gasteiger partial charge is 0.221 e. The lowest BCUT2D eigenvalue weighted by Gasteiger charge is -2.11.